The van der Waals surface area contributed by atoms with Crippen molar-refractivity contribution in [3.05, 3.63) is 59.2 Å². The summed E-state index contributed by atoms with van der Waals surface area (Å²) in [6.07, 6.45) is 2.48. The van der Waals surface area contributed by atoms with E-state index in [1.54, 1.807) is 6.07 Å². The second-order valence-electron chi connectivity index (χ2n) is 10.7. The number of carboxylic acids is 2. The summed E-state index contributed by atoms with van der Waals surface area (Å²) in [4.78, 5) is 35.3. The largest absolute Gasteiger partial charge is 0.496 e. The van der Waals surface area contributed by atoms with Crippen molar-refractivity contribution in [2.24, 2.45) is 0 Å². The maximum absolute atomic E-state index is 12.7. The average molecular weight is 591 g/mol. The van der Waals surface area contributed by atoms with E-state index in [-0.39, 0.29) is 24.6 Å². The van der Waals surface area contributed by atoms with E-state index >= 15 is 0 Å². The highest BCUT2D eigenvalue weighted by molar-refractivity contribution is 8.24. The fourth-order valence-corrected chi connectivity index (χ4v) is 7.74. The second kappa shape index (κ2) is 14.2. The van der Waals surface area contributed by atoms with Crippen LogP contribution in [0.2, 0.25) is 0 Å². The Kier molecular flexibility index (Phi) is 11.2. The van der Waals surface area contributed by atoms with Crippen LogP contribution in [-0.2, 0) is 20.8 Å². The van der Waals surface area contributed by atoms with Gasteiger partial charge in [0.1, 0.15) is 5.75 Å². The molecule has 2 unspecified atom stereocenters. The number of amides is 1. The number of carbonyl (C=O) groups excluding carboxylic acids is 1. The normalized spacial score (nSPS) is 20.5. The quantitative estimate of drug-likeness (QED) is 0.173. The summed E-state index contributed by atoms with van der Waals surface area (Å²) in [7, 11) is -1.74. The number of rotatable bonds is 14. The Morgan fingerprint density at radius 3 is 2.32 bits per heavy atom. The predicted octanol–water partition coefficient (Wildman–Crippen LogP) is 5.20. The van der Waals surface area contributed by atoms with Crippen LogP contribution in [-0.4, -0.2) is 61.6 Å². The maximum atomic E-state index is 12.7. The zero-order chi connectivity index (χ0) is 30.2. The highest BCUT2D eigenvalue weighted by Crippen LogP contribution is 2.58. The summed E-state index contributed by atoms with van der Waals surface area (Å²) >= 11 is 0. The van der Waals surface area contributed by atoms with Gasteiger partial charge in [-0.3, -0.25) is 28.8 Å². The van der Waals surface area contributed by atoms with Crippen molar-refractivity contribution < 1.29 is 38.4 Å². The van der Waals surface area contributed by atoms with Gasteiger partial charge in [-0.15, -0.1) is 0 Å². The van der Waals surface area contributed by atoms with Crippen molar-refractivity contribution in [3.63, 3.8) is 0 Å². The molecule has 1 amide bonds. The molecule has 0 bridgehead atoms. The molecule has 10 nitrogen and oxygen atoms in total. The lowest BCUT2D eigenvalue weighted by Gasteiger charge is -2.42. The SMILES string of the molecule is CCCCC1(CC)CS(O)(O)c2cc(CCC(=O)NC(CC(=O)O)CC(=O)O)c(OC)cc2C(c2ccccc2)N1. The Labute approximate surface area is 242 Å². The van der Waals surface area contributed by atoms with E-state index in [4.69, 9.17) is 14.9 Å². The molecule has 1 aliphatic rings. The van der Waals surface area contributed by atoms with Gasteiger partial charge in [0.15, 0.2) is 0 Å². The third kappa shape index (κ3) is 8.45. The number of ether oxygens (including phenoxy) is 1. The van der Waals surface area contributed by atoms with Crippen molar-refractivity contribution in [1.82, 2.24) is 10.6 Å². The number of unbranched alkanes of at least 4 members (excludes halogenated alkanes) is 1. The van der Waals surface area contributed by atoms with Gasteiger partial charge < -0.3 is 20.3 Å². The summed E-state index contributed by atoms with van der Waals surface area (Å²) in [6.45, 7) is 4.17. The van der Waals surface area contributed by atoms with Crippen molar-refractivity contribution >= 4 is 28.4 Å². The van der Waals surface area contributed by atoms with E-state index in [0.717, 1.165) is 24.8 Å². The first kappa shape index (κ1) is 32.4. The Morgan fingerprint density at radius 1 is 1.10 bits per heavy atom. The van der Waals surface area contributed by atoms with Crippen LogP contribution < -0.4 is 15.4 Å². The highest BCUT2D eigenvalue weighted by Gasteiger charge is 2.42. The monoisotopic (exact) mass is 590 g/mol. The molecule has 0 radical (unpaired) electrons. The third-order valence-corrected chi connectivity index (χ3v) is 9.66. The lowest BCUT2D eigenvalue weighted by molar-refractivity contribution is -0.139. The summed E-state index contributed by atoms with van der Waals surface area (Å²) < 4.78 is 29.0. The Morgan fingerprint density at radius 2 is 1.76 bits per heavy atom. The topological polar surface area (TPSA) is 165 Å². The molecule has 2 atom stereocenters. The van der Waals surface area contributed by atoms with Crippen LogP contribution in [0.15, 0.2) is 47.4 Å². The molecule has 0 saturated heterocycles. The van der Waals surface area contributed by atoms with E-state index in [0.29, 0.717) is 28.2 Å². The molecule has 226 valence electrons. The lowest BCUT2D eigenvalue weighted by Crippen LogP contribution is -2.49. The molecule has 0 aromatic heterocycles. The Balaban J connectivity index is 1.99. The number of fused-ring (bicyclic) bond motifs is 1. The highest BCUT2D eigenvalue weighted by atomic mass is 32.3. The van der Waals surface area contributed by atoms with Crippen molar-refractivity contribution in [3.8, 4) is 5.75 Å². The van der Waals surface area contributed by atoms with Gasteiger partial charge >= 0.3 is 11.9 Å². The van der Waals surface area contributed by atoms with Gasteiger partial charge in [0.25, 0.3) is 0 Å². The molecule has 2 aromatic rings. The van der Waals surface area contributed by atoms with Gasteiger partial charge in [0.2, 0.25) is 5.91 Å². The minimum Gasteiger partial charge on any atom is -0.496 e. The molecule has 1 heterocycles. The summed E-state index contributed by atoms with van der Waals surface area (Å²) in [6, 6.07) is 12.0. The minimum absolute atomic E-state index is 0.0696. The van der Waals surface area contributed by atoms with E-state index in [2.05, 4.69) is 24.5 Å². The van der Waals surface area contributed by atoms with Crippen molar-refractivity contribution in [2.75, 3.05) is 12.9 Å². The van der Waals surface area contributed by atoms with Gasteiger partial charge in [-0.1, -0.05) is 57.0 Å². The van der Waals surface area contributed by atoms with Crippen LogP contribution in [0.5, 0.6) is 5.75 Å². The van der Waals surface area contributed by atoms with Gasteiger partial charge in [0.05, 0.1) is 36.6 Å². The number of aryl methyl sites for hydroxylation is 1. The molecule has 3 rings (SSSR count). The molecule has 41 heavy (non-hydrogen) atoms. The molecule has 0 saturated carbocycles. The summed E-state index contributed by atoms with van der Waals surface area (Å²) in [5.74, 6) is -2.28. The number of carbonyl (C=O) groups is 3. The first-order valence-corrected chi connectivity index (χ1v) is 15.7. The number of hydrogen-bond acceptors (Lipinski definition) is 7. The first-order valence-electron chi connectivity index (χ1n) is 14.0. The molecule has 6 N–H and O–H groups in total. The van der Waals surface area contributed by atoms with Gasteiger partial charge in [0, 0.05) is 23.6 Å². The van der Waals surface area contributed by atoms with E-state index in [1.165, 1.54) is 7.11 Å². The lowest BCUT2D eigenvalue weighted by atomic mass is 9.87. The fraction of sp³-hybridized carbons (Fsp3) is 0.500. The van der Waals surface area contributed by atoms with E-state index < -0.39 is 52.9 Å². The van der Waals surface area contributed by atoms with E-state index in [9.17, 15) is 23.5 Å². The Hall–Kier alpha value is -3.12. The summed E-state index contributed by atoms with van der Waals surface area (Å²) in [5, 5.41) is 24.4. The van der Waals surface area contributed by atoms with Crippen LogP contribution in [0.4, 0.5) is 0 Å². The number of methoxy groups -OCH3 is 1. The van der Waals surface area contributed by atoms with Crippen LogP contribution >= 0.6 is 10.6 Å². The van der Waals surface area contributed by atoms with Crippen LogP contribution in [0.3, 0.4) is 0 Å². The molecule has 0 aliphatic carbocycles. The number of carboxylic acid groups (broad SMARTS) is 2. The molecule has 11 heteroatoms. The number of nitrogens with one attached hydrogen (secondary N) is 2. The second-order valence-corrected chi connectivity index (χ2v) is 12.8. The van der Waals surface area contributed by atoms with Crippen LogP contribution in [0.1, 0.15) is 81.5 Å². The standard InChI is InChI=1S/C30H42N2O8S/c1-4-6-14-30(5-2)19-41(38,39)25-15-21(12-13-26(33)31-22(16-27(34)35)17-28(36)37)24(40-3)18-23(25)29(32-30)20-10-8-7-9-11-20/h7-11,15,18,22,29,32,38-39H,4-6,12-14,16-17,19H2,1-3H3,(H,31,33)(H,34,35)(H,36,37). The van der Waals surface area contributed by atoms with Crippen LogP contribution in [0, 0.1) is 0 Å². The zero-order valence-electron chi connectivity index (χ0n) is 23.9. The Bertz CT molecular complexity index is 1210. The first-order chi connectivity index (χ1) is 19.4. The maximum Gasteiger partial charge on any atom is 0.305 e. The number of benzene rings is 2. The summed E-state index contributed by atoms with van der Waals surface area (Å²) in [5.41, 5.74) is 1.78. The van der Waals surface area contributed by atoms with Crippen molar-refractivity contribution in [2.45, 2.75) is 87.7 Å². The number of aliphatic carboxylic acids is 2. The zero-order valence-corrected chi connectivity index (χ0v) is 24.7. The molecule has 0 fully saturated rings. The molecular formula is C30H42N2O8S. The van der Waals surface area contributed by atoms with Gasteiger partial charge in [-0.05, 0) is 42.5 Å². The fourth-order valence-electron chi connectivity index (χ4n) is 5.49. The van der Waals surface area contributed by atoms with Crippen LogP contribution in [0.25, 0.3) is 0 Å². The predicted molar refractivity (Wildman–Crippen MR) is 158 cm³/mol. The van der Waals surface area contributed by atoms with Gasteiger partial charge in [-0.25, -0.2) is 0 Å². The van der Waals surface area contributed by atoms with Gasteiger partial charge in [-0.2, -0.15) is 10.6 Å². The smallest absolute Gasteiger partial charge is 0.305 e. The molecule has 2 aromatic carbocycles. The molecule has 1 aliphatic heterocycles. The van der Waals surface area contributed by atoms with Crippen molar-refractivity contribution in [1.29, 1.82) is 0 Å². The third-order valence-electron chi connectivity index (χ3n) is 7.65. The average Bonchev–Trinajstić information content (AvgIpc) is 3.01. The van der Waals surface area contributed by atoms with E-state index in [1.807, 2.05) is 36.4 Å². The minimum atomic E-state index is -3.25. The molecule has 0 spiro atoms. The molecular weight excluding hydrogens is 548 g/mol. The number of hydrogen-bond donors (Lipinski definition) is 6.